The minimum atomic E-state index is -1.65. The summed E-state index contributed by atoms with van der Waals surface area (Å²) in [5.41, 5.74) is -1.37. The van der Waals surface area contributed by atoms with E-state index in [4.69, 9.17) is 29.2 Å². The molecule has 0 aromatic rings. The Hall–Kier alpha value is -1.38. The Morgan fingerprint density at radius 1 is 1.18 bits per heavy atom. The molecule has 1 aliphatic heterocycles. The Kier molecular flexibility index (Phi) is 9.17. The SMILES string of the molecule is COCC(OC(CO[C@@H]1C(C(=O)O)OC(C)(C)C(O)C1O)C(O)CO)C(=O)O. The molecule has 28 heavy (non-hydrogen) atoms. The van der Waals surface area contributed by atoms with Gasteiger partial charge in [-0.25, -0.2) is 9.59 Å². The van der Waals surface area contributed by atoms with Crippen LogP contribution in [0, 0.1) is 0 Å². The molecule has 6 N–H and O–H groups in total. The lowest BCUT2D eigenvalue weighted by Crippen LogP contribution is -2.64. The number of carbonyl (C=O) groups is 2. The summed E-state index contributed by atoms with van der Waals surface area (Å²) in [5.74, 6) is -2.84. The van der Waals surface area contributed by atoms with Gasteiger partial charge in [0.1, 0.15) is 30.5 Å². The minimum Gasteiger partial charge on any atom is -0.479 e. The van der Waals surface area contributed by atoms with E-state index in [1.54, 1.807) is 0 Å². The molecule has 0 amide bonds. The highest BCUT2D eigenvalue weighted by atomic mass is 16.6. The summed E-state index contributed by atoms with van der Waals surface area (Å²) >= 11 is 0. The molecule has 1 aliphatic rings. The molecule has 0 aromatic heterocycles. The number of aliphatic hydroxyl groups excluding tert-OH is 4. The molecule has 1 fully saturated rings. The van der Waals surface area contributed by atoms with Crippen molar-refractivity contribution in [2.75, 3.05) is 26.9 Å². The molecule has 1 heterocycles. The Morgan fingerprint density at radius 2 is 1.79 bits per heavy atom. The summed E-state index contributed by atoms with van der Waals surface area (Å²) in [6, 6.07) is 0. The maximum Gasteiger partial charge on any atom is 0.335 e. The van der Waals surface area contributed by atoms with Crippen molar-refractivity contribution in [3.05, 3.63) is 0 Å². The second-order valence-electron chi connectivity index (χ2n) is 6.92. The lowest BCUT2D eigenvalue weighted by Gasteiger charge is -2.45. The number of hydrogen-bond donors (Lipinski definition) is 6. The standard InChI is InChI=1S/C16H28O12/c1-16(2)13(20)10(19)11(12(28-16)15(23)24)26-6-8(7(18)4-17)27-9(5-25-3)14(21)22/h7-13,17-20H,4-6H2,1-3H3,(H,21,22)(H,23,24)/t7?,8?,9?,10?,11-,12?,13?/m0/s1. The molecule has 1 rings (SSSR count). The van der Waals surface area contributed by atoms with Gasteiger partial charge < -0.3 is 49.6 Å². The second-order valence-corrected chi connectivity index (χ2v) is 6.92. The zero-order valence-electron chi connectivity index (χ0n) is 15.8. The second kappa shape index (κ2) is 10.4. The van der Waals surface area contributed by atoms with Crippen LogP contribution >= 0.6 is 0 Å². The van der Waals surface area contributed by atoms with Gasteiger partial charge in [-0.05, 0) is 13.8 Å². The van der Waals surface area contributed by atoms with E-state index in [2.05, 4.69) is 0 Å². The van der Waals surface area contributed by atoms with Crippen LogP contribution in [0.15, 0.2) is 0 Å². The number of aliphatic carboxylic acids is 2. The fraction of sp³-hybridized carbons (Fsp3) is 0.875. The smallest absolute Gasteiger partial charge is 0.335 e. The van der Waals surface area contributed by atoms with Gasteiger partial charge in [-0.3, -0.25) is 0 Å². The van der Waals surface area contributed by atoms with E-state index in [0.717, 1.165) is 0 Å². The van der Waals surface area contributed by atoms with E-state index in [-0.39, 0.29) is 6.61 Å². The van der Waals surface area contributed by atoms with Crippen LogP contribution < -0.4 is 0 Å². The number of aliphatic hydroxyl groups is 4. The first kappa shape index (κ1) is 24.7. The summed E-state index contributed by atoms with van der Waals surface area (Å²) in [6.45, 7) is 1.05. The molecule has 0 aromatic carbocycles. The molecule has 6 unspecified atom stereocenters. The zero-order chi connectivity index (χ0) is 21.6. The summed E-state index contributed by atoms with van der Waals surface area (Å²) < 4.78 is 20.6. The summed E-state index contributed by atoms with van der Waals surface area (Å²) in [4.78, 5) is 22.7. The topological polar surface area (TPSA) is 192 Å². The lowest BCUT2D eigenvalue weighted by molar-refractivity contribution is -0.271. The number of ether oxygens (including phenoxy) is 4. The molecule has 0 radical (unpaired) electrons. The fourth-order valence-corrected chi connectivity index (χ4v) is 2.71. The van der Waals surface area contributed by atoms with E-state index in [1.165, 1.54) is 21.0 Å². The Morgan fingerprint density at radius 3 is 2.25 bits per heavy atom. The van der Waals surface area contributed by atoms with Crippen LogP contribution in [0.1, 0.15) is 13.8 Å². The highest BCUT2D eigenvalue weighted by Crippen LogP contribution is 2.31. The maximum absolute atomic E-state index is 11.5. The van der Waals surface area contributed by atoms with Gasteiger partial charge in [-0.15, -0.1) is 0 Å². The van der Waals surface area contributed by atoms with Crippen molar-refractivity contribution in [1.82, 2.24) is 0 Å². The molecule has 0 saturated carbocycles. The van der Waals surface area contributed by atoms with Gasteiger partial charge in [0.15, 0.2) is 12.2 Å². The van der Waals surface area contributed by atoms with E-state index < -0.39 is 73.5 Å². The third-order valence-corrected chi connectivity index (χ3v) is 4.35. The van der Waals surface area contributed by atoms with Crippen LogP contribution in [-0.2, 0) is 28.5 Å². The first-order valence-electron chi connectivity index (χ1n) is 8.50. The summed E-state index contributed by atoms with van der Waals surface area (Å²) in [7, 11) is 1.24. The third-order valence-electron chi connectivity index (χ3n) is 4.35. The largest absolute Gasteiger partial charge is 0.479 e. The number of carboxylic acid groups (broad SMARTS) is 2. The van der Waals surface area contributed by atoms with E-state index >= 15 is 0 Å². The number of hydrogen-bond acceptors (Lipinski definition) is 10. The van der Waals surface area contributed by atoms with Crippen molar-refractivity contribution in [2.24, 2.45) is 0 Å². The first-order valence-corrected chi connectivity index (χ1v) is 8.50. The quantitative estimate of drug-likeness (QED) is 0.204. The summed E-state index contributed by atoms with van der Waals surface area (Å²) in [6.07, 6.45) is -10.8. The van der Waals surface area contributed by atoms with Crippen LogP contribution in [0.2, 0.25) is 0 Å². The Balaban J connectivity index is 2.94. The Labute approximate surface area is 161 Å². The average Bonchev–Trinajstić information content (AvgIpc) is 2.62. The van der Waals surface area contributed by atoms with E-state index in [1.807, 2.05) is 0 Å². The molecular formula is C16H28O12. The molecule has 12 heteroatoms. The highest BCUT2D eigenvalue weighted by molar-refractivity contribution is 5.73. The van der Waals surface area contributed by atoms with Crippen molar-refractivity contribution in [3.63, 3.8) is 0 Å². The molecule has 1 saturated heterocycles. The lowest BCUT2D eigenvalue weighted by atomic mass is 9.87. The number of rotatable bonds is 11. The van der Waals surface area contributed by atoms with E-state index in [9.17, 15) is 30.0 Å². The van der Waals surface area contributed by atoms with Gasteiger partial charge in [0, 0.05) is 7.11 Å². The molecule has 0 spiro atoms. The van der Waals surface area contributed by atoms with Crippen molar-refractivity contribution < 1.29 is 59.2 Å². The highest BCUT2D eigenvalue weighted by Gasteiger charge is 2.52. The predicted octanol–water partition coefficient (Wildman–Crippen LogP) is -2.81. The van der Waals surface area contributed by atoms with Gasteiger partial charge in [-0.1, -0.05) is 0 Å². The van der Waals surface area contributed by atoms with Crippen LogP contribution in [0.4, 0.5) is 0 Å². The van der Waals surface area contributed by atoms with Crippen molar-refractivity contribution in [3.8, 4) is 0 Å². The fourth-order valence-electron chi connectivity index (χ4n) is 2.71. The predicted molar refractivity (Wildman–Crippen MR) is 89.6 cm³/mol. The van der Waals surface area contributed by atoms with Crippen molar-refractivity contribution in [1.29, 1.82) is 0 Å². The maximum atomic E-state index is 11.5. The molecule has 12 nitrogen and oxygen atoms in total. The first-order chi connectivity index (χ1) is 13.0. The van der Waals surface area contributed by atoms with Crippen LogP contribution in [-0.4, -0.2) is 118 Å². The van der Waals surface area contributed by atoms with Crippen LogP contribution in [0.5, 0.6) is 0 Å². The normalized spacial score (nSPS) is 30.4. The molecule has 0 aliphatic carbocycles. The van der Waals surface area contributed by atoms with Gasteiger partial charge in [-0.2, -0.15) is 0 Å². The molecular weight excluding hydrogens is 384 g/mol. The van der Waals surface area contributed by atoms with E-state index in [0.29, 0.717) is 0 Å². The van der Waals surface area contributed by atoms with Gasteiger partial charge >= 0.3 is 11.9 Å². The van der Waals surface area contributed by atoms with Crippen molar-refractivity contribution in [2.45, 2.75) is 62.2 Å². The number of carboxylic acids is 2. The van der Waals surface area contributed by atoms with Crippen LogP contribution in [0.3, 0.4) is 0 Å². The zero-order valence-corrected chi connectivity index (χ0v) is 15.8. The van der Waals surface area contributed by atoms with Gasteiger partial charge in [0.2, 0.25) is 0 Å². The number of methoxy groups -OCH3 is 1. The van der Waals surface area contributed by atoms with Crippen LogP contribution in [0.25, 0.3) is 0 Å². The monoisotopic (exact) mass is 412 g/mol. The molecule has 0 bridgehead atoms. The Bertz CT molecular complexity index is 524. The van der Waals surface area contributed by atoms with Crippen molar-refractivity contribution >= 4 is 11.9 Å². The third kappa shape index (κ3) is 6.06. The summed E-state index contributed by atoms with van der Waals surface area (Å²) in [5, 5.41) is 57.9. The minimum absolute atomic E-state index is 0.357. The van der Waals surface area contributed by atoms with Gasteiger partial charge in [0.05, 0.1) is 25.4 Å². The average molecular weight is 412 g/mol. The molecule has 164 valence electrons. The molecule has 7 atom stereocenters. The van der Waals surface area contributed by atoms with Gasteiger partial charge in [0.25, 0.3) is 0 Å².